The van der Waals surface area contributed by atoms with Crippen molar-refractivity contribution in [3.63, 3.8) is 0 Å². The van der Waals surface area contributed by atoms with E-state index in [1.807, 2.05) is 0 Å². The fourth-order valence-corrected chi connectivity index (χ4v) is 3.29. The van der Waals surface area contributed by atoms with Gasteiger partial charge < -0.3 is 14.6 Å². The summed E-state index contributed by atoms with van der Waals surface area (Å²) in [6.07, 6.45) is -16.5. The predicted octanol–water partition coefficient (Wildman–Crippen LogP) is 3.43. The molecule has 0 saturated carbocycles. The van der Waals surface area contributed by atoms with E-state index in [2.05, 4.69) is 0 Å². The molecule has 0 amide bonds. The molecular formula is C18H28F6O8S. The first-order valence-corrected chi connectivity index (χ1v) is 11.2. The molecule has 0 aliphatic rings. The van der Waals surface area contributed by atoms with Gasteiger partial charge in [0.15, 0.2) is 0 Å². The first-order chi connectivity index (χ1) is 14.4. The number of carbonyl (C=O) groups is 2. The van der Waals surface area contributed by atoms with Crippen molar-refractivity contribution in [3.05, 3.63) is 0 Å². The van der Waals surface area contributed by atoms with Crippen LogP contribution < -0.4 is 0 Å². The Morgan fingerprint density at radius 1 is 0.970 bits per heavy atom. The van der Waals surface area contributed by atoms with Crippen LogP contribution >= 0.6 is 0 Å². The van der Waals surface area contributed by atoms with Crippen LogP contribution in [-0.2, 0) is 29.2 Å². The molecule has 33 heavy (non-hydrogen) atoms. The van der Waals surface area contributed by atoms with E-state index in [1.54, 1.807) is 0 Å². The summed E-state index contributed by atoms with van der Waals surface area (Å²) in [7, 11) is -4.40. The van der Waals surface area contributed by atoms with Gasteiger partial charge >= 0.3 is 24.3 Å². The standard InChI is InChI=1S/C18H28F6O8S/c1-6-15(5,10-14(3,4)12(25)31-7-8-33(28,29)30)13(26)32-11(2)9-16(27,17(19,20)21)18(22,23)24/h11,27H,6-10H2,1-5H3,(H,28,29,30). The van der Waals surface area contributed by atoms with Gasteiger partial charge in [-0.1, -0.05) is 6.92 Å². The van der Waals surface area contributed by atoms with Gasteiger partial charge in [-0.25, -0.2) is 0 Å². The minimum Gasteiger partial charge on any atom is -0.464 e. The predicted molar refractivity (Wildman–Crippen MR) is 101 cm³/mol. The van der Waals surface area contributed by atoms with E-state index in [0.717, 1.165) is 6.92 Å². The molecule has 0 aromatic carbocycles. The maximum Gasteiger partial charge on any atom is 0.426 e. The summed E-state index contributed by atoms with van der Waals surface area (Å²) in [5.74, 6) is -3.04. The van der Waals surface area contributed by atoms with Crippen molar-refractivity contribution in [2.45, 2.75) is 77.9 Å². The maximum absolute atomic E-state index is 12.9. The summed E-state index contributed by atoms with van der Waals surface area (Å²) in [6.45, 7) is 5.45. The van der Waals surface area contributed by atoms with E-state index in [-0.39, 0.29) is 12.8 Å². The topological polar surface area (TPSA) is 127 Å². The lowest BCUT2D eigenvalue weighted by atomic mass is 9.72. The lowest BCUT2D eigenvalue weighted by Crippen LogP contribution is -2.58. The molecule has 2 N–H and O–H groups in total. The lowest BCUT2D eigenvalue weighted by molar-refractivity contribution is -0.373. The van der Waals surface area contributed by atoms with Crippen LogP contribution in [0.5, 0.6) is 0 Å². The highest BCUT2D eigenvalue weighted by Crippen LogP contribution is 2.46. The van der Waals surface area contributed by atoms with Crippen LogP contribution in [0.25, 0.3) is 0 Å². The third-order valence-corrected chi connectivity index (χ3v) is 5.74. The summed E-state index contributed by atoms with van der Waals surface area (Å²) >= 11 is 0. The smallest absolute Gasteiger partial charge is 0.426 e. The Morgan fingerprint density at radius 3 is 1.79 bits per heavy atom. The van der Waals surface area contributed by atoms with E-state index >= 15 is 0 Å². The van der Waals surface area contributed by atoms with Crippen LogP contribution in [0.3, 0.4) is 0 Å². The second-order valence-electron chi connectivity index (χ2n) is 8.67. The van der Waals surface area contributed by atoms with Gasteiger partial charge in [0, 0.05) is 6.42 Å². The molecule has 0 saturated heterocycles. The average molecular weight is 518 g/mol. The molecule has 196 valence electrons. The third-order valence-electron chi connectivity index (χ3n) is 5.06. The second kappa shape index (κ2) is 10.3. The van der Waals surface area contributed by atoms with Crippen molar-refractivity contribution in [1.82, 2.24) is 0 Å². The summed E-state index contributed by atoms with van der Waals surface area (Å²) in [5.41, 5.74) is -8.11. The summed E-state index contributed by atoms with van der Waals surface area (Å²) in [6, 6.07) is 0. The number of hydrogen-bond donors (Lipinski definition) is 2. The average Bonchev–Trinajstić information content (AvgIpc) is 2.57. The van der Waals surface area contributed by atoms with Crippen molar-refractivity contribution in [2.24, 2.45) is 10.8 Å². The van der Waals surface area contributed by atoms with Crippen LogP contribution in [0.15, 0.2) is 0 Å². The number of aliphatic hydroxyl groups is 1. The number of carbonyl (C=O) groups excluding carboxylic acids is 2. The Labute approximate surface area is 187 Å². The maximum atomic E-state index is 12.9. The van der Waals surface area contributed by atoms with Gasteiger partial charge in [-0.2, -0.15) is 34.8 Å². The summed E-state index contributed by atoms with van der Waals surface area (Å²) < 4.78 is 117. The van der Waals surface area contributed by atoms with Gasteiger partial charge in [0.25, 0.3) is 15.7 Å². The van der Waals surface area contributed by atoms with Gasteiger partial charge in [0.2, 0.25) is 0 Å². The molecule has 0 aliphatic carbocycles. The van der Waals surface area contributed by atoms with Crippen molar-refractivity contribution >= 4 is 22.1 Å². The molecule has 8 nitrogen and oxygen atoms in total. The van der Waals surface area contributed by atoms with Crippen molar-refractivity contribution in [2.75, 3.05) is 12.4 Å². The summed E-state index contributed by atoms with van der Waals surface area (Å²) in [4.78, 5) is 24.9. The highest BCUT2D eigenvalue weighted by Gasteiger charge is 2.70. The highest BCUT2D eigenvalue weighted by molar-refractivity contribution is 7.85. The SMILES string of the molecule is CCC(C)(CC(C)(C)C(=O)OCCS(=O)(=O)O)C(=O)OC(C)CC(O)(C(F)(F)F)C(F)(F)F. The first kappa shape index (κ1) is 31.4. The molecule has 2 unspecified atom stereocenters. The fourth-order valence-electron chi connectivity index (χ4n) is 3.00. The van der Waals surface area contributed by atoms with Gasteiger partial charge in [-0.3, -0.25) is 14.1 Å². The molecule has 0 rings (SSSR count). The van der Waals surface area contributed by atoms with Gasteiger partial charge in [0.05, 0.1) is 10.8 Å². The zero-order chi connectivity index (χ0) is 26.7. The number of ether oxygens (including phenoxy) is 2. The monoisotopic (exact) mass is 518 g/mol. The normalized spacial score (nSPS) is 16.6. The van der Waals surface area contributed by atoms with Crippen LogP contribution in [0.4, 0.5) is 26.3 Å². The van der Waals surface area contributed by atoms with Crippen LogP contribution in [0, 0.1) is 10.8 Å². The molecule has 0 aromatic heterocycles. The number of esters is 2. The van der Waals surface area contributed by atoms with E-state index < -0.39 is 75.7 Å². The fraction of sp³-hybridized carbons (Fsp3) is 0.889. The Bertz CT molecular complexity index is 792. The Morgan fingerprint density at radius 2 is 1.42 bits per heavy atom. The first-order valence-electron chi connectivity index (χ1n) is 9.61. The molecule has 0 heterocycles. The van der Waals surface area contributed by atoms with Crippen LogP contribution in [0.2, 0.25) is 0 Å². The minimum atomic E-state index is -6.08. The zero-order valence-electron chi connectivity index (χ0n) is 18.6. The molecule has 0 aromatic rings. The Hall–Kier alpha value is -1.61. The molecule has 0 bridgehead atoms. The highest BCUT2D eigenvalue weighted by atomic mass is 32.2. The van der Waals surface area contributed by atoms with Crippen molar-refractivity contribution in [1.29, 1.82) is 0 Å². The number of hydrogen-bond acceptors (Lipinski definition) is 7. The van der Waals surface area contributed by atoms with E-state index in [4.69, 9.17) is 14.0 Å². The van der Waals surface area contributed by atoms with Gasteiger partial charge in [-0.15, -0.1) is 0 Å². The molecule has 0 radical (unpaired) electrons. The number of rotatable bonds is 11. The van der Waals surface area contributed by atoms with Crippen LogP contribution in [-0.4, -0.2) is 66.4 Å². The number of halogens is 6. The third kappa shape index (κ3) is 8.59. The Kier molecular flexibility index (Phi) is 9.83. The number of alkyl halides is 6. The molecular weight excluding hydrogens is 490 g/mol. The molecule has 2 atom stereocenters. The van der Waals surface area contributed by atoms with E-state index in [1.165, 1.54) is 27.7 Å². The Balaban J connectivity index is 5.44. The van der Waals surface area contributed by atoms with E-state index in [0.29, 0.717) is 0 Å². The van der Waals surface area contributed by atoms with Crippen molar-refractivity contribution < 1.29 is 63.5 Å². The second-order valence-corrected chi connectivity index (χ2v) is 10.2. The molecule has 0 aliphatic heterocycles. The zero-order valence-corrected chi connectivity index (χ0v) is 19.4. The minimum absolute atomic E-state index is 0.0386. The largest absolute Gasteiger partial charge is 0.464 e. The molecule has 0 spiro atoms. The summed E-state index contributed by atoms with van der Waals surface area (Å²) in [5, 5.41) is 9.26. The quantitative estimate of drug-likeness (QED) is 0.242. The lowest BCUT2D eigenvalue weighted by Gasteiger charge is -2.36. The van der Waals surface area contributed by atoms with Crippen molar-refractivity contribution in [3.8, 4) is 0 Å². The molecule has 0 fully saturated rings. The van der Waals surface area contributed by atoms with Crippen LogP contribution in [0.1, 0.15) is 53.9 Å². The molecule has 15 heteroatoms. The van der Waals surface area contributed by atoms with Gasteiger partial charge in [0.1, 0.15) is 18.5 Å². The van der Waals surface area contributed by atoms with E-state index in [9.17, 15) is 49.5 Å². The van der Waals surface area contributed by atoms with Gasteiger partial charge in [-0.05, 0) is 40.5 Å².